The minimum Gasteiger partial charge on any atom is -0.493 e. The maximum atomic E-state index is 13.2. The number of nitrogens with zero attached hydrogens (tertiary/aromatic N) is 1. The van der Waals surface area contributed by atoms with Crippen LogP contribution in [0.5, 0.6) is 5.75 Å². The van der Waals surface area contributed by atoms with E-state index in [0.717, 1.165) is 10.5 Å². The highest BCUT2D eigenvalue weighted by Crippen LogP contribution is 2.36. The van der Waals surface area contributed by atoms with Gasteiger partial charge in [0.1, 0.15) is 5.75 Å². The van der Waals surface area contributed by atoms with Gasteiger partial charge >= 0.3 is 0 Å². The summed E-state index contributed by atoms with van der Waals surface area (Å²) in [7, 11) is 21.8. The maximum Gasteiger partial charge on any atom is 0.248 e. The van der Waals surface area contributed by atoms with E-state index in [4.69, 9.17) is 36.1 Å². The zero-order valence-corrected chi connectivity index (χ0v) is 15.9. The van der Waals surface area contributed by atoms with Gasteiger partial charge in [-0.3, -0.25) is 4.90 Å². The number of benzene rings is 1. The predicted octanol–water partition coefficient (Wildman–Crippen LogP) is 1.01. The van der Waals surface area contributed by atoms with Gasteiger partial charge < -0.3 is 14.9 Å². The fourth-order valence-corrected chi connectivity index (χ4v) is 3.36. The Balaban J connectivity index is 1.83. The lowest BCUT2D eigenvalue weighted by Crippen LogP contribution is -2.63. The van der Waals surface area contributed by atoms with E-state index in [1.807, 2.05) is 24.3 Å². The first kappa shape index (κ1) is 23.3. The Kier molecular flexibility index (Phi) is 7.68. The highest BCUT2D eigenvalue weighted by atomic mass is 19.3. The second-order valence-corrected chi connectivity index (χ2v) is 7.59. The molecule has 1 aliphatic rings. The van der Waals surface area contributed by atoms with Crippen molar-refractivity contribution >= 4 is 31.4 Å². The molecule has 0 heterocycles. The fraction of sp³-hybridized carbons (Fsp3) is 0.667. The van der Waals surface area contributed by atoms with Crippen LogP contribution in [0.15, 0.2) is 24.3 Å². The van der Waals surface area contributed by atoms with E-state index in [-0.39, 0.29) is 25.3 Å². The molecule has 0 spiro atoms. The van der Waals surface area contributed by atoms with Crippen molar-refractivity contribution in [3.63, 3.8) is 0 Å². The largest absolute Gasteiger partial charge is 0.493 e. The number of hydrogen-bond donors (Lipinski definition) is 2. The van der Waals surface area contributed by atoms with Crippen LogP contribution in [0, 0.1) is 5.92 Å². The van der Waals surface area contributed by atoms with Crippen molar-refractivity contribution in [3.05, 3.63) is 29.8 Å². The molecule has 4 nitrogen and oxygen atoms in total. The minimum absolute atomic E-state index is 0.0500. The van der Waals surface area contributed by atoms with Gasteiger partial charge in [-0.1, -0.05) is 17.4 Å². The van der Waals surface area contributed by atoms with Gasteiger partial charge in [-0.15, -0.1) is 0 Å². The van der Waals surface area contributed by atoms with E-state index in [1.165, 1.54) is 0 Å². The van der Waals surface area contributed by atoms with Crippen LogP contribution in [0.25, 0.3) is 0 Å². The zero-order valence-electron chi connectivity index (χ0n) is 15.9. The van der Waals surface area contributed by atoms with E-state index in [9.17, 15) is 19.0 Å². The topological polar surface area (TPSA) is 52.9 Å². The molecule has 144 valence electrons. The molecule has 0 unspecified atom stereocenters. The van der Waals surface area contributed by atoms with E-state index >= 15 is 0 Å². The molecule has 2 N–H and O–H groups in total. The standard InChI is InChI=1S/C18H23B4F2NO3/c19-17(20,21)25(18(22,26)27)10-2-4-13-3-1-5-15(11-13)28-12-14-6-8-16(23,24)9-7-14/h1,3,5,11,14,26-27H,2,4,6-10,12H2. The summed E-state index contributed by atoms with van der Waals surface area (Å²) in [5, 5.41) is 17.1. The molecule has 2 rings (SSSR count). The molecule has 0 atom stereocenters. The Bertz CT molecular complexity index is 614. The molecule has 1 aromatic rings. The third-order valence-electron chi connectivity index (χ3n) is 4.93. The smallest absolute Gasteiger partial charge is 0.248 e. The molecule has 1 aliphatic carbocycles. The molecule has 10 heteroatoms. The van der Waals surface area contributed by atoms with Crippen molar-refractivity contribution < 1.29 is 23.7 Å². The van der Waals surface area contributed by atoms with Crippen molar-refractivity contribution in [3.8, 4) is 5.75 Å². The molecule has 0 aliphatic heterocycles. The quantitative estimate of drug-likeness (QED) is 0.494. The molecule has 0 bridgehead atoms. The first-order valence-electron chi connectivity index (χ1n) is 9.34. The summed E-state index contributed by atoms with van der Waals surface area (Å²) in [5.74, 6) is -4.48. The minimum atomic E-state index is -2.74. The van der Waals surface area contributed by atoms with Gasteiger partial charge in [0.05, 0.1) is 30.1 Å². The number of ether oxygens (including phenoxy) is 1. The van der Waals surface area contributed by atoms with Gasteiger partial charge in [-0.2, -0.15) is 0 Å². The molecule has 0 aromatic heterocycles. The lowest BCUT2D eigenvalue weighted by molar-refractivity contribution is -0.200. The van der Waals surface area contributed by atoms with Crippen LogP contribution < -0.4 is 4.74 Å². The molecular weight excluding hydrogens is 359 g/mol. The molecule has 1 fully saturated rings. The summed E-state index contributed by atoms with van der Waals surface area (Å²) in [5.41, 5.74) is 0.947. The Hall–Kier alpha value is -0.980. The van der Waals surface area contributed by atoms with Crippen LogP contribution in [0.1, 0.15) is 37.7 Å². The predicted molar refractivity (Wildman–Crippen MR) is 107 cm³/mol. The Morgan fingerprint density at radius 1 is 1.14 bits per heavy atom. The Morgan fingerprint density at radius 2 is 1.79 bits per heavy atom. The van der Waals surface area contributed by atoms with Gasteiger partial charge in [0.15, 0.2) is 13.7 Å². The van der Waals surface area contributed by atoms with Crippen molar-refractivity contribution in [2.75, 3.05) is 13.2 Å². The molecule has 0 amide bonds. The molecule has 8 radical (unpaired) electrons. The Labute approximate surface area is 170 Å². The van der Waals surface area contributed by atoms with Crippen LogP contribution in [0.3, 0.4) is 0 Å². The van der Waals surface area contributed by atoms with E-state index in [2.05, 4.69) is 0 Å². The highest BCUT2D eigenvalue weighted by molar-refractivity contribution is 6.59. The summed E-state index contributed by atoms with van der Waals surface area (Å²) in [6, 6.07) is 7.40. The first-order valence-corrected chi connectivity index (χ1v) is 9.34. The van der Waals surface area contributed by atoms with Gasteiger partial charge in [-0.05, 0) is 49.3 Å². The molecular formula is C18H23B4F2NO3. The highest BCUT2D eigenvalue weighted by Gasteiger charge is 2.35. The molecule has 1 saturated carbocycles. The van der Waals surface area contributed by atoms with Crippen LogP contribution >= 0.6 is 0 Å². The zero-order chi connectivity index (χ0) is 21.0. The van der Waals surface area contributed by atoms with Gasteiger partial charge in [-0.25, -0.2) is 8.78 Å². The van der Waals surface area contributed by atoms with E-state index < -0.39 is 17.0 Å². The summed E-state index contributed by atoms with van der Waals surface area (Å²) in [6.45, 7) is 0.461. The Morgan fingerprint density at radius 3 is 2.36 bits per heavy atom. The number of alkyl halides is 2. The summed E-state index contributed by atoms with van der Waals surface area (Å²) in [6.07, 6.45) is 1.78. The average Bonchev–Trinajstić information content (AvgIpc) is 2.56. The summed E-state index contributed by atoms with van der Waals surface area (Å²) in [4.78, 5) is 0.777. The van der Waals surface area contributed by atoms with Gasteiger partial charge in [0.2, 0.25) is 5.92 Å². The fourth-order valence-electron chi connectivity index (χ4n) is 3.36. The maximum absolute atomic E-state index is 13.2. The molecule has 28 heavy (non-hydrogen) atoms. The average molecular weight is 383 g/mol. The molecule has 1 aromatic carbocycles. The van der Waals surface area contributed by atoms with Gasteiger partial charge in [0, 0.05) is 19.4 Å². The van der Waals surface area contributed by atoms with Crippen molar-refractivity contribution in [1.82, 2.24) is 4.90 Å². The summed E-state index contributed by atoms with van der Waals surface area (Å²) < 4.78 is 32.2. The van der Waals surface area contributed by atoms with Crippen molar-refractivity contribution in [2.24, 2.45) is 5.92 Å². The lowest BCUT2D eigenvalue weighted by Gasteiger charge is -2.44. The van der Waals surface area contributed by atoms with Crippen molar-refractivity contribution in [2.45, 2.75) is 55.5 Å². The number of hydrogen-bond acceptors (Lipinski definition) is 4. The van der Waals surface area contributed by atoms with Crippen LogP contribution in [-0.4, -0.2) is 76.6 Å². The third kappa shape index (κ3) is 7.45. The van der Waals surface area contributed by atoms with Crippen LogP contribution in [0.2, 0.25) is 0 Å². The number of halogens is 2. The summed E-state index contributed by atoms with van der Waals surface area (Å²) >= 11 is 0. The first-order chi connectivity index (χ1) is 12.9. The number of rotatable bonds is 9. The molecule has 0 saturated heterocycles. The second kappa shape index (κ2) is 9.22. The van der Waals surface area contributed by atoms with E-state index in [1.54, 1.807) is 0 Å². The van der Waals surface area contributed by atoms with Crippen LogP contribution in [0.4, 0.5) is 8.78 Å². The monoisotopic (exact) mass is 383 g/mol. The lowest BCUT2D eigenvalue weighted by atomic mass is 9.47. The van der Waals surface area contributed by atoms with Crippen LogP contribution in [-0.2, 0) is 6.42 Å². The van der Waals surface area contributed by atoms with Gasteiger partial charge in [0.25, 0.3) is 0 Å². The number of aliphatic hydroxyl groups is 2. The SMILES string of the molecule is [B]C([B])([B])N(CCCc1cccc(OCC2CCC(F)(F)CC2)c1)C([B])(O)O. The normalized spacial score (nSPS) is 18.3. The van der Waals surface area contributed by atoms with Crippen molar-refractivity contribution in [1.29, 1.82) is 0 Å². The van der Waals surface area contributed by atoms with E-state index in [0.29, 0.717) is 38.0 Å². The number of aryl methyl sites for hydroxylation is 1. The second-order valence-electron chi connectivity index (χ2n) is 7.59. The third-order valence-corrected chi connectivity index (χ3v) is 4.93.